The summed E-state index contributed by atoms with van der Waals surface area (Å²) in [6.07, 6.45) is 5.14. The SMILES string of the molecule is COCCn1cc(-c2nc(Nc3cc[c]cc3OC)ncc2Cl)cn1. The predicted molar refractivity (Wildman–Crippen MR) is 95.3 cm³/mol. The summed E-state index contributed by atoms with van der Waals surface area (Å²) in [6, 6.07) is 8.30. The highest BCUT2D eigenvalue weighted by atomic mass is 35.5. The van der Waals surface area contributed by atoms with Gasteiger partial charge in [0.2, 0.25) is 5.95 Å². The monoisotopic (exact) mass is 358 g/mol. The number of rotatable bonds is 7. The molecule has 25 heavy (non-hydrogen) atoms. The third-order valence-corrected chi connectivity index (χ3v) is 3.74. The molecule has 129 valence electrons. The summed E-state index contributed by atoms with van der Waals surface area (Å²) in [5, 5.41) is 7.86. The van der Waals surface area contributed by atoms with Crippen molar-refractivity contribution in [3.05, 3.63) is 47.9 Å². The van der Waals surface area contributed by atoms with E-state index in [2.05, 4.69) is 26.4 Å². The fraction of sp³-hybridized carbons (Fsp3) is 0.235. The molecule has 3 aromatic rings. The largest absolute Gasteiger partial charge is 0.495 e. The molecular formula is C17H17ClN5O2. The quantitative estimate of drug-likeness (QED) is 0.699. The number of anilines is 2. The van der Waals surface area contributed by atoms with Crippen LogP contribution >= 0.6 is 11.6 Å². The number of aromatic nitrogens is 4. The zero-order valence-electron chi connectivity index (χ0n) is 13.9. The van der Waals surface area contributed by atoms with Crippen molar-refractivity contribution in [2.45, 2.75) is 6.54 Å². The lowest BCUT2D eigenvalue weighted by molar-refractivity contribution is 0.183. The molecule has 2 heterocycles. The van der Waals surface area contributed by atoms with Crippen LogP contribution in [0, 0.1) is 6.07 Å². The molecule has 0 aliphatic rings. The van der Waals surface area contributed by atoms with Crippen molar-refractivity contribution < 1.29 is 9.47 Å². The van der Waals surface area contributed by atoms with Gasteiger partial charge in [-0.1, -0.05) is 17.7 Å². The molecule has 0 saturated heterocycles. The fourth-order valence-corrected chi connectivity index (χ4v) is 2.43. The molecule has 8 heteroatoms. The summed E-state index contributed by atoms with van der Waals surface area (Å²) in [6.45, 7) is 1.23. The second kappa shape index (κ2) is 7.96. The maximum Gasteiger partial charge on any atom is 0.227 e. The second-order valence-electron chi connectivity index (χ2n) is 5.13. The fourth-order valence-electron chi connectivity index (χ4n) is 2.23. The van der Waals surface area contributed by atoms with Crippen molar-refractivity contribution in [1.29, 1.82) is 0 Å². The van der Waals surface area contributed by atoms with Crippen molar-refractivity contribution >= 4 is 23.2 Å². The maximum absolute atomic E-state index is 6.26. The van der Waals surface area contributed by atoms with E-state index in [4.69, 9.17) is 21.1 Å². The van der Waals surface area contributed by atoms with Crippen molar-refractivity contribution in [1.82, 2.24) is 19.7 Å². The van der Waals surface area contributed by atoms with Gasteiger partial charge in [-0.15, -0.1) is 0 Å². The Kier molecular flexibility index (Phi) is 5.47. The van der Waals surface area contributed by atoms with Gasteiger partial charge in [0.05, 0.1) is 49.1 Å². The Labute approximate surface area is 150 Å². The Bertz CT molecular complexity index is 853. The second-order valence-corrected chi connectivity index (χ2v) is 5.53. The highest BCUT2D eigenvalue weighted by Crippen LogP contribution is 2.29. The molecule has 0 bridgehead atoms. The van der Waals surface area contributed by atoms with Gasteiger partial charge in [-0.2, -0.15) is 5.10 Å². The summed E-state index contributed by atoms with van der Waals surface area (Å²) in [4.78, 5) is 8.73. The lowest BCUT2D eigenvalue weighted by Gasteiger charge is -2.10. The predicted octanol–water partition coefficient (Wildman–Crippen LogP) is 3.19. The van der Waals surface area contributed by atoms with Crippen LogP contribution in [0.4, 0.5) is 11.6 Å². The average Bonchev–Trinajstić information content (AvgIpc) is 3.10. The van der Waals surface area contributed by atoms with Gasteiger partial charge < -0.3 is 14.8 Å². The van der Waals surface area contributed by atoms with Gasteiger partial charge in [-0.3, -0.25) is 4.68 Å². The Morgan fingerprint density at radius 2 is 2.20 bits per heavy atom. The van der Waals surface area contributed by atoms with Gasteiger partial charge in [0.25, 0.3) is 0 Å². The highest BCUT2D eigenvalue weighted by molar-refractivity contribution is 6.32. The first-order valence-corrected chi connectivity index (χ1v) is 7.94. The number of nitrogens with one attached hydrogen (secondary N) is 1. The number of nitrogens with zero attached hydrogens (tertiary/aromatic N) is 4. The van der Waals surface area contributed by atoms with E-state index >= 15 is 0 Å². The first kappa shape index (κ1) is 17.2. The van der Waals surface area contributed by atoms with Crippen molar-refractivity contribution in [2.75, 3.05) is 26.1 Å². The van der Waals surface area contributed by atoms with E-state index in [1.165, 1.54) is 0 Å². The summed E-state index contributed by atoms with van der Waals surface area (Å²) in [5.41, 5.74) is 2.15. The first-order valence-electron chi connectivity index (χ1n) is 7.56. The average molecular weight is 359 g/mol. The molecule has 1 radical (unpaired) electrons. The van der Waals surface area contributed by atoms with Gasteiger partial charge in [0.15, 0.2) is 0 Å². The number of halogens is 1. The Balaban J connectivity index is 1.86. The zero-order valence-corrected chi connectivity index (χ0v) is 14.6. The zero-order chi connectivity index (χ0) is 17.6. The molecule has 7 nitrogen and oxygen atoms in total. The molecule has 2 aromatic heterocycles. The molecule has 1 aromatic carbocycles. The number of benzene rings is 1. The van der Waals surface area contributed by atoms with E-state index in [-0.39, 0.29) is 0 Å². The number of methoxy groups -OCH3 is 2. The Hall–Kier alpha value is -2.64. The topological polar surface area (TPSA) is 74.1 Å². The molecular weight excluding hydrogens is 342 g/mol. The number of hydrogen-bond acceptors (Lipinski definition) is 6. The van der Waals surface area contributed by atoms with Gasteiger partial charge >= 0.3 is 0 Å². The standard InChI is InChI=1S/C17H17ClN5O2/c1-24-8-7-23-11-12(9-20-23)16-13(18)10-19-17(22-16)21-14-5-3-4-6-15(14)25-2/h3,5-6,9-11H,7-8H2,1-2H3,(H,19,21,22). The maximum atomic E-state index is 6.26. The van der Waals surface area contributed by atoms with Crippen LogP contribution in [0.5, 0.6) is 5.75 Å². The third-order valence-electron chi connectivity index (χ3n) is 3.47. The van der Waals surface area contributed by atoms with E-state index < -0.39 is 0 Å². The number of hydrogen-bond donors (Lipinski definition) is 1. The van der Waals surface area contributed by atoms with Gasteiger partial charge in [0.1, 0.15) is 5.75 Å². The van der Waals surface area contributed by atoms with Gasteiger partial charge in [-0.25, -0.2) is 9.97 Å². The third kappa shape index (κ3) is 4.07. The summed E-state index contributed by atoms with van der Waals surface area (Å²) in [7, 11) is 3.25. The van der Waals surface area contributed by atoms with Crippen LogP contribution in [-0.4, -0.2) is 40.6 Å². The molecule has 0 spiro atoms. The van der Waals surface area contributed by atoms with E-state index in [0.29, 0.717) is 35.6 Å². The molecule has 0 atom stereocenters. The smallest absolute Gasteiger partial charge is 0.227 e. The minimum absolute atomic E-state index is 0.411. The first-order chi connectivity index (χ1) is 12.2. The molecule has 0 unspecified atom stereocenters. The van der Waals surface area contributed by atoms with Crippen LogP contribution in [0.3, 0.4) is 0 Å². The van der Waals surface area contributed by atoms with Crippen LogP contribution in [0.2, 0.25) is 5.02 Å². The van der Waals surface area contributed by atoms with E-state index in [9.17, 15) is 0 Å². The molecule has 0 amide bonds. The molecule has 1 N–H and O–H groups in total. The normalized spacial score (nSPS) is 10.7. The van der Waals surface area contributed by atoms with Crippen LogP contribution in [-0.2, 0) is 11.3 Å². The Morgan fingerprint density at radius 3 is 3.00 bits per heavy atom. The van der Waals surface area contributed by atoms with Crippen molar-refractivity contribution in [3.8, 4) is 17.0 Å². The van der Waals surface area contributed by atoms with E-state index in [1.807, 2.05) is 12.3 Å². The Morgan fingerprint density at radius 1 is 1.32 bits per heavy atom. The molecule has 0 fully saturated rings. The molecule has 0 saturated carbocycles. The molecule has 0 aliphatic carbocycles. The van der Waals surface area contributed by atoms with Crippen LogP contribution < -0.4 is 10.1 Å². The molecule has 3 rings (SSSR count). The molecule has 0 aliphatic heterocycles. The van der Waals surface area contributed by atoms with Crippen LogP contribution in [0.25, 0.3) is 11.3 Å². The summed E-state index contributed by atoms with van der Waals surface area (Å²) < 4.78 is 12.1. The minimum atomic E-state index is 0.411. The van der Waals surface area contributed by atoms with Gasteiger partial charge in [-0.05, 0) is 18.2 Å². The van der Waals surface area contributed by atoms with Crippen molar-refractivity contribution in [3.63, 3.8) is 0 Å². The number of ether oxygens (including phenoxy) is 2. The van der Waals surface area contributed by atoms with E-state index in [1.54, 1.807) is 43.4 Å². The van der Waals surface area contributed by atoms with E-state index in [0.717, 1.165) is 11.3 Å². The van der Waals surface area contributed by atoms with Crippen LogP contribution in [0.1, 0.15) is 0 Å². The lowest BCUT2D eigenvalue weighted by Crippen LogP contribution is -2.04. The highest BCUT2D eigenvalue weighted by Gasteiger charge is 2.12. The summed E-state index contributed by atoms with van der Waals surface area (Å²) >= 11 is 6.26. The van der Waals surface area contributed by atoms with Crippen molar-refractivity contribution in [2.24, 2.45) is 0 Å². The van der Waals surface area contributed by atoms with Gasteiger partial charge in [0, 0.05) is 18.9 Å². The summed E-state index contributed by atoms with van der Waals surface area (Å²) in [5.74, 6) is 1.06. The minimum Gasteiger partial charge on any atom is -0.495 e. The van der Waals surface area contributed by atoms with Crippen LogP contribution in [0.15, 0.2) is 36.8 Å². The lowest BCUT2D eigenvalue weighted by atomic mass is 10.2.